The predicted octanol–water partition coefficient (Wildman–Crippen LogP) is 3.42. The monoisotopic (exact) mass is 498 g/mol. The Balaban J connectivity index is 1.18. The summed E-state index contributed by atoms with van der Waals surface area (Å²) in [5, 5.41) is 18.5. The van der Waals surface area contributed by atoms with Gasteiger partial charge in [-0.3, -0.25) is 0 Å². The van der Waals surface area contributed by atoms with E-state index in [0.717, 1.165) is 42.3 Å². The number of nitrogens with zero attached hydrogens (tertiary/aromatic N) is 5. The zero-order valence-electron chi connectivity index (χ0n) is 20.8. The summed E-state index contributed by atoms with van der Waals surface area (Å²) in [7, 11) is 0. The van der Waals surface area contributed by atoms with Crippen LogP contribution in [0.25, 0.3) is 0 Å². The molecule has 37 heavy (non-hydrogen) atoms. The number of aryl methyl sites for hydroxylation is 1. The minimum absolute atomic E-state index is 0.0786. The number of carbonyl (C=O) groups excluding carboxylic acids is 1. The summed E-state index contributed by atoms with van der Waals surface area (Å²) in [5.74, 6) is 1.40. The second-order valence-electron chi connectivity index (χ2n) is 9.10. The SMILES string of the molecule is Cc1cnc(Nc2ccc(C3CNCCO3)cc2)nc1N1CCN(C(=O)Nc2ccc(C#N)cc2)CC1. The summed E-state index contributed by atoms with van der Waals surface area (Å²) in [6.45, 7) is 6.93. The third-order valence-corrected chi connectivity index (χ3v) is 6.54. The highest BCUT2D eigenvalue weighted by molar-refractivity contribution is 5.89. The molecule has 0 bridgehead atoms. The van der Waals surface area contributed by atoms with Crippen LogP contribution in [0.2, 0.25) is 0 Å². The van der Waals surface area contributed by atoms with Crippen LogP contribution in [0.4, 0.5) is 27.9 Å². The average Bonchev–Trinajstić information content (AvgIpc) is 2.95. The van der Waals surface area contributed by atoms with Crippen LogP contribution in [-0.4, -0.2) is 66.8 Å². The van der Waals surface area contributed by atoms with Crippen LogP contribution >= 0.6 is 0 Å². The van der Waals surface area contributed by atoms with Crippen molar-refractivity contribution in [2.75, 3.05) is 61.4 Å². The number of anilines is 4. The maximum Gasteiger partial charge on any atom is 0.321 e. The van der Waals surface area contributed by atoms with Crippen LogP contribution in [0, 0.1) is 18.3 Å². The lowest BCUT2D eigenvalue weighted by molar-refractivity contribution is 0.0277. The van der Waals surface area contributed by atoms with Crippen molar-refractivity contribution in [1.29, 1.82) is 5.26 Å². The summed E-state index contributed by atoms with van der Waals surface area (Å²) in [5.41, 5.74) is 4.27. The van der Waals surface area contributed by atoms with E-state index in [-0.39, 0.29) is 12.1 Å². The number of benzene rings is 2. The predicted molar refractivity (Wildman–Crippen MR) is 142 cm³/mol. The van der Waals surface area contributed by atoms with Gasteiger partial charge in [-0.05, 0) is 48.9 Å². The van der Waals surface area contributed by atoms with Crippen LogP contribution in [0.5, 0.6) is 0 Å². The lowest BCUT2D eigenvalue weighted by atomic mass is 10.1. The van der Waals surface area contributed by atoms with E-state index in [2.05, 4.69) is 44.0 Å². The van der Waals surface area contributed by atoms with Crippen molar-refractivity contribution in [3.63, 3.8) is 0 Å². The van der Waals surface area contributed by atoms with Crippen LogP contribution in [0.15, 0.2) is 54.7 Å². The molecule has 3 heterocycles. The molecule has 1 aromatic heterocycles. The molecule has 3 aromatic rings. The molecule has 10 heteroatoms. The molecule has 1 unspecified atom stereocenters. The fourth-order valence-corrected chi connectivity index (χ4v) is 4.46. The number of piperazine rings is 1. The fourth-order valence-electron chi connectivity index (χ4n) is 4.46. The van der Waals surface area contributed by atoms with Gasteiger partial charge >= 0.3 is 6.03 Å². The van der Waals surface area contributed by atoms with E-state index in [9.17, 15) is 4.79 Å². The molecule has 10 nitrogen and oxygen atoms in total. The fraction of sp³-hybridized carbons (Fsp3) is 0.333. The Hall–Kier alpha value is -4.20. The van der Waals surface area contributed by atoms with Crippen molar-refractivity contribution in [2.24, 2.45) is 0 Å². The van der Waals surface area contributed by atoms with Crippen molar-refractivity contribution in [2.45, 2.75) is 13.0 Å². The number of ether oxygens (including phenoxy) is 1. The molecule has 2 fully saturated rings. The summed E-state index contributed by atoms with van der Waals surface area (Å²) >= 11 is 0. The number of morpholine rings is 1. The molecule has 0 radical (unpaired) electrons. The Bertz CT molecular complexity index is 1260. The Labute approximate surface area is 216 Å². The molecule has 2 aliphatic heterocycles. The van der Waals surface area contributed by atoms with Crippen LogP contribution in [-0.2, 0) is 4.74 Å². The summed E-state index contributed by atoms with van der Waals surface area (Å²) < 4.78 is 5.83. The lowest BCUT2D eigenvalue weighted by Crippen LogP contribution is -2.50. The smallest absolute Gasteiger partial charge is 0.321 e. The zero-order chi connectivity index (χ0) is 25.6. The first-order valence-electron chi connectivity index (χ1n) is 12.4. The normalized spacial score (nSPS) is 17.7. The Morgan fingerprint density at radius 1 is 1.08 bits per heavy atom. The number of hydrogen-bond donors (Lipinski definition) is 3. The molecular weight excluding hydrogens is 468 g/mol. The molecule has 5 rings (SSSR count). The van der Waals surface area contributed by atoms with Crippen molar-refractivity contribution in [3.8, 4) is 6.07 Å². The quantitative estimate of drug-likeness (QED) is 0.490. The van der Waals surface area contributed by atoms with Crippen molar-refractivity contribution < 1.29 is 9.53 Å². The third kappa shape index (κ3) is 5.97. The van der Waals surface area contributed by atoms with Gasteiger partial charge in [-0.2, -0.15) is 10.2 Å². The highest BCUT2D eigenvalue weighted by Crippen LogP contribution is 2.24. The Morgan fingerprint density at radius 2 is 1.81 bits per heavy atom. The van der Waals surface area contributed by atoms with Gasteiger partial charge < -0.3 is 30.5 Å². The van der Waals surface area contributed by atoms with Crippen molar-refractivity contribution in [3.05, 3.63) is 71.4 Å². The van der Waals surface area contributed by atoms with Gasteiger partial charge in [0.25, 0.3) is 0 Å². The molecule has 0 spiro atoms. The van der Waals surface area contributed by atoms with E-state index in [0.29, 0.717) is 43.4 Å². The molecule has 2 saturated heterocycles. The maximum atomic E-state index is 12.7. The largest absolute Gasteiger partial charge is 0.371 e. The van der Waals surface area contributed by atoms with Crippen molar-refractivity contribution in [1.82, 2.24) is 20.2 Å². The molecule has 1 atom stereocenters. The molecule has 2 amide bonds. The molecule has 2 aliphatic rings. The third-order valence-electron chi connectivity index (χ3n) is 6.54. The number of hydrogen-bond acceptors (Lipinski definition) is 8. The van der Waals surface area contributed by atoms with Crippen LogP contribution < -0.4 is 20.9 Å². The van der Waals surface area contributed by atoms with Crippen molar-refractivity contribution >= 4 is 29.2 Å². The Morgan fingerprint density at radius 3 is 2.49 bits per heavy atom. The summed E-state index contributed by atoms with van der Waals surface area (Å²) in [4.78, 5) is 25.9. The maximum absolute atomic E-state index is 12.7. The van der Waals surface area contributed by atoms with Crippen LogP contribution in [0.3, 0.4) is 0 Å². The van der Waals surface area contributed by atoms with Gasteiger partial charge in [-0.25, -0.2) is 9.78 Å². The number of carbonyl (C=O) groups is 1. The minimum Gasteiger partial charge on any atom is -0.371 e. The first kappa shape index (κ1) is 24.5. The van der Waals surface area contributed by atoms with Gasteiger partial charge in [0.1, 0.15) is 5.82 Å². The number of aromatic nitrogens is 2. The first-order valence-corrected chi connectivity index (χ1v) is 12.4. The molecule has 0 saturated carbocycles. The summed E-state index contributed by atoms with van der Waals surface area (Å²) in [6, 6.07) is 16.9. The van der Waals surface area contributed by atoms with Gasteiger partial charge in [0.2, 0.25) is 5.95 Å². The van der Waals surface area contributed by atoms with E-state index in [1.807, 2.05) is 25.3 Å². The highest BCUT2D eigenvalue weighted by atomic mass is 16.5. The van der Waals surface area contributed by atoms with Gasteiger partial charge in [-0.1, -0.05) is 12.1 Å². The average molecular weight is 499 g/mol. The Kier molecular flexibility index (Phi) is 7.44. The van der Waals surface area contributed by atoms with E-state index in [4.69, 9.17) is 15.0 Å². The second kappa shape index (κ2) is 11.2. The van der Waals surface area contributed by atoms with E-state index in [1.54, 1.807) is 29.2 Å². The second-order valence-corrected chi connectivity index (χ2v) is 9.10. The highest BCUT2D eigenvalue weighted by Gasteiger charge is 2.23. The molecule has 3 N–H and O–H groups in total. The van der Waals surface area contributed by atoms with E-state index >= 15 is 0 Å². The van der Waals surface area contributed by atoms with Gasteiger partial charge in [0, 0.05) is 62.4 Å². The number of rotatable bonds is 5. The van der Waals surface area contributed by atoms with Crippen LogP contribution in [0.1, 0.15) is 22.8 Å². The van der Waals surface area contributed by atoms with E-state index < -0.39 is 0 Å². The standard InChI is InChI=1S/C27H30N8O2/c1-19-17-30-26(31-22-8-4-21(5-9-22)24-18-29-10-15-37-24)33-25(19)34-11-13-35(14-12-34)27(36)32-23-6-2-20(16-28)3-7-23/h2-9,17,24,29H,10-15,18H2,1H3,(H,32,36)(H,30,31,33). The summed E-state index contributed by atoms with van der Waals surface area (Å²) in [6.07, 6.45) is 1.90. The van der Waals surface area contributed by atoms with Gasteiger partial charge in [-0.15, -0.1) is 0 Å². The minimum atomic E-state index is -0.149. The van der Waals surface area contributed by atoms with Gasteiger partial charge in [0.05, 0.1) is 24.3 Å². The zero-order valence-corrected chi connectivity index (χ0v) is 20.8. The number of amides is 2. The number of nitrogens with one attached hydrogen (secondary N) is 3. The molecular formula is C27H30N8O2. The van der Waals surface area contributed by atoms with Gasteiger partial charge in [0.15, 0.2) is 0 Å². The first-order chi connectivity index (χ1) is 18.1. The number of nitriles is 1. The topological polar surface area (TPSA) is 118 Å². The molecule has 2 aromatic carbocycles. The molecule has 190 valence electrons. The number of urea groups is 1. The lowest BCUT2D eigenvalue weighted by Gasteiger charge is -2.36. The molecule has 0 aliphatic carbocycles. The van der Waals surface area contributed by atoms with E-state index in [1.165, 1.54) is 0 Å².